The van der Waals surface area contributed by atoms with Crippen LogP contribution in [-0.4, -0.2) is 22.1 Å². The van der Waals surface area contributed by atoms with Gasteiger partial charge in [-0.1, -0.05) is 18.2 Å². The molecule has 0 atom stereocenters. The molecule has 1 aliphatic heterocycles. The van der Waals surface area contributed by atoms with Gasteiger partial charge in [0.1, 0.15) is 5.75 Å². The van der Waals surface area contributed by atoms with Crippen molar-refractivity contribution in [3.05, 3.63) is 53.6 Å². The Bertz CT molecular complexity index is 784. The summed E-state index contributed by atoms with van der Waals surface area (Å²) in [5, 5.41) is 0. The lowest BCUT2D eigenvalue weighted by atomic mass is 10.2. The summed E-state index contributed by atoms with van der Waals surface area (Å²) < 4.78 is 32.3. The predicted molar refractivity (Wildman–Crippen MR) is 82.4 cm³/mol. The number of hydrogen-bond acceptors (Lipinski definition) is 3. The van der Waals surface area contributed by atoms with Gasteiger partial charge in [-0.2, -0.15) is 0 Å². The average Bonchev–Trinajstić information content (AvgIpc) is 2.91. The van der Waals surface area contributed by atoms with Gasteiger partial charge >= 0.3 is 0 Å². The van der Waals surface area contributed by atoms with Crippen LogP contribution in [0.1, 0.15) is 11.1 Å². The number of anilines is 1. The van der Waals surface area contributed by atoms with Crippen LogP contribution in [0.15, 0.2) is 47.4 Å². The van der Waals surface area contributed by atoms with E-state index in [2.05, 4.69) is 0 Å². The molecule has 1 heterocycles. The lowest BCUT2D eigenvalue weighted by molar-refractivity contribution is 0.411. The van der Waals surface area contributed by atoms with E-state index in [0.29, 0.717) is 17.2 Å². The largest absolute Gasteiger partial charge is 0.496 e. The number of ether oxygens (including phenoxy) is 1. The van der Waals surface area contributed by atoms with Crippen molar-refractivity contribution in [2.24, 2.45) is 0 Å². The summed E-state index contributed by atoms with van der Waals surface area (Å²) in [7, 11) is -1.95. The standard InChI is InChI=1S/C16H17NO3S/c1-12-11-14(7-8-16(12)20-2)21(18,19)17-10-9-13-5-3-4-6-15(13)17/h3-8,11H,9-10H2,1-2H3. The van der Waals surface area contributed by atoms with Gasteiger partial charge in [0.15, 0.2) is 0 Å². The van der Waals surface area contributed by atoms with Crippen molar-refractivity contribution >= 4 is 15.7 Å². The average molecular weight is 303 g/mol. The van der Waals surface area contributed by atoms with Crippen LogP contribution in [0.2, 0.25) is 0 Å². The van der Waals surface area contributed by atoms with E-state index < -0.39 is 10.0 Å². The molecule has 0 saturated heterocycles. The second kappa shape index (κ2) is 5.07. The molecule has 0 aromatic heterocycles. The van der Waals surface area contributed by atoms with E-state index in [1.54, 1.807) is 25.3 Å². The number of para-hydroxylation sites is 1. The summed E-state index contributed by atoms with van der Waals surface area (Å²) in [5.41, 5.74) is 2.67. The van der Waals surface area contributed by atoms with Crippen LogP contribution in [0, 0.1) is 6.92 Å². The summed E-state index contributed by atoms with van der Waals surface area (Å²) in [6, 6.07) is 12.6. The number of hydrogen-bond donors (Lipinski definition) is 0. The summed E-state index contributed by atoms with van der Waals surface area (Å²) in [6.45, 7) is 2.34. The fraction of sp³-hybridized carbons (Fsp3) is 0.250. The maximum absolute atomic E-state index is 12.8. The molecule has 21 heavy (non-hydrogen) atoms. The minimum Gasteiger partial charge on any atom is -0.496 e. The minimum atomic E-state index is -3.52. The molecular weight excluding hydrogens is 286 g/mol. The van der Waals surface area contributed by atoms with E-state index in [4.69, 9.17) is 4.74 Å². The first kappa shape index (κ1) is 13.9. The van der Waals surface area contributed by atoms with E-state index in [-0.39, 0.29) is 0 Å². The van der Waals surface area contributed by atoms with Crippen LogP contribution >= 0.6 is 0 Å². The molecule has 0 N–H and O–H groups in total. The van der Waals surface area contributed by atoms with Crippen LogP contribution in [-0.2, 0) is 16.4 Å². The lowest BCUT2D eigenvalue weighted by Gasteiger charge is -2.20. The smallest absolute Gasteiger partial charge is 0.264 e. The van der Waals surface area contributed by atoms with Crippen molar-refractivity contribution < 1.29 is 13.2 Å². The zero-order valence-corrected chi connectivity index (χ0v) is 12.9. The van der Waals surface area contributed by atoms with E-state index in [9.17, 15) is 8.42 Å². The van der Waals surface area contributed by atoms with Crippen molar-refractivity contribution in [1.29, 1.82) is 0 Å². The van der Waals surface area contributed by atoms with Crippen molar-refractivity contribution in [1.82, 2.24) is 0 Å². The molecule has 0 bridgehead atoms. The number of aryl methyl sites for hydroxylation is 1. The van der Waals surface area contributed by atoms with Crippen molar-refractivity contribution in [3.8, 4) is 5.75 Å². The molecule has 0 unspecified atom stereocenters. The molecule has 0 fully saturated rings. The van der Waals surface area contributed by atoms with E-state index in [1.807, 2.05) is 31.2 Å². The Morgan fingerprint density at radius 3 is 2.62 bits per heavy atom. The topological polar surface area (TPSA) is 46.6 Å². The number of methoxy groups -OCH3 is 1. The summed E-state index contributed by atoms with van der Waals surface area (Å²) >= 11 is 0. The SMILES string of the molecule is COc1ccc(S(=O)(=O)N2CCc3ccccc32)cc1C. The predicted octanol–water partition coefficient (Wildman–Crippen LogP) is 2.76. The summed E-state index contributed by atoms with van der Waals surface area (Å²) in [6.07, 6.45) is 0.755. The second-order valence-electron chi connectivity index (χ2n) is 5.09. The second-order valence-corrected chi connectivity index (χ2v) is 6.95. The van der Waals surface area contributed by atoms with Crippen LogP contribution in [0.3, 0.4) is 0 Å². The van der Waals surface area contributed by atoms with E-state index in [1.165, 1.54) is 4.31 Å². The molecule has 0 spiro atoms. The zero-order chi connectivity index (χ0) is 15.0. The Labute approximate surface area is 125 Å². The fourth-order valence-electron chi connectivity index (χ4n) is 2.70. The molecular formula is C16H17NO3S. The Morgan fingerprint density at radius 1 is 1.14 bits per heavy atom. The summed E-state index contributed by atoms with van der Waals surface area (Å²) in [5.74, 6) is 0.691. The number of benzene rings is 2. The van der Waals surface area contributed by atoms with Crippen molar-refractivity contribution in [3.63, 3.8) is 0 Å². The Hall–Kier alpha value is -2.01. The first-order valence-electron chi connectivity index (χ1n) is 6.79. The Kier molecular flexibility index (Phi) is 3.37. The fourth-order valence-corrected chi connectivity index (χ4v) is 4.29. The third-order valence-electron chi connectivity index (χ3n) is 3.80. The van der Waals surface area contributed by atoms with Crippen molar-refractivity contribution in [2.75, 3.05) is 18.0 Å². The number of nitrogens with zero attached hydrogens (tertiary/aromatic N) is 1. The van der Waals surface area contributed by atoms with Gasteiger partial charge in [0.05, 0.1) is 17.7 Å². The van der Waals surface area contributed by atoms with Crippen LogP contribution in [0.4, 0.5) is 5.69 Å². The molecule has 2 aromatic rings. The van der Waals surface area contributed by atoms with Crippen LogP contribution in [0.25, 0.3) is 0 Å². The summed E-state index contributed by atoms with van der Waals surface area (Å²) in [4.78, 5) is 0.303. The highest BCUT2D eigenvalue weighted by molar-refractivity contribution is 7.92. The monoisotopic (exact) mass is 303 g/mol. The third-order valence-corrected chi connectivity index (χ3v) is 5.61. The van der Waals surface area contributed by atoms with E-state index >= 15 is 0 Å². The number of sulfonamides is 1. The maximum atomic E-state index is 12.8. The molecule has 4 nitrogen and oxygen atoms in total. The molecule has 0 aliphatic carbocycles. The molecule has 3 rings (SSSR count). The van der Waals surface area contributed by atoms with Gasteiger partial charge in [0.25, 0.3) is 10.0 Å². The molecule has 0 radical (unpaired) electrons. The molecule has 2 aromatic carbocycles. The maximum Gasteiger partial charge on any atom is 0.264 e. The molecule has 0 saturated carbocycles. The highest BCUT2D eigenvalue weighted by atomic mass is 32.2. The first-order valence-corrected chi connectivity index (χ1v) is 8.23. The highest BCUT2D eigenvalue weighted by Gasteiger charge is 2.30. The Balaban J connectivity index is 2.04. The van der Waals surface area contributed by atoms with Gasteiger partial charge < -0.3 is 4.74 Å². The minimum absolute atomic E-state index is 0.303. The quantitative estimate of drug-likeness (QED) is 0.876. The highest BCUT2D eigenvalue weighted by Crippen LogP contribution is 2.33. The Morgan fingerprint density at radius 2 is 1.90 bits per heavy atom. The third kappa shape index (κ3) is 2.27. The van der Waals surface area contributed by atoms with Gasteiger partial charge in [-0.3, -0.25) is 4.31 Å². The molecule has 110 valence electrons. The molecule has 1 aliphatic rings. The van der Waals surface area contributed by atoms with E-state index in [0.717, 1.165) is 23.2 Å². The number of rotatable bonds is 3. The molecule has 0 amide bonds. The first-order chi connectivity index (χ1) is 10.0. The van der Waals surface area contributed by atoms with Gasteiger partial charge in [-0.05, 0) is 48.7 Å². The normalized spacial score (nSPS) is 14.1. The molecule has 5 heteroatoms. The van der Waals surface area contributed by atoms with Gasteiger partial charge in [0, 0.05) is 6.54 Å². The van der Waals surface area contributed by atoms with Gasteiger partial charge in [-0.25, -0.2) is 8.42 Å². The number of fused-ring (bicyclic) bond motifs is 1. The van der Waals surface area contributed by atoms with Crippen LogP contribution in [0.5, 0.6) is 5.75 Å². The lowest BCUT2D eigenvalue weighted by Crippen LogP contribution is -2.29. The van der Waals surface area contributed by atoms with Crippen LogP contribution < -0.4 is 9.04 Å². The van der Waals surface area contributed by atoms with Crippen molar-refractivity contribution in [2.45, 2.75) is 18.2 Å². The zero-order valence-electron chi connectivity index (χ0n) is 12.0. The van der Waals surface area contributed by atoms with Gasteiger partial charge in [0.2, 0.25) is 0 Å². The van der Waals surface area contributed by atoms with Gasteiger partial charge in [-0.15, -0.1) is 0 Å².